The fraction of sp³-hybridized carbons (Fsp3) is 0.0833. The lowest BCUT2D eigenvalue weighted by Crippen LogP contribution is -2.16. The fourth-order valence-electron chi connectivity index (χ4n) is 1.46. The molecule has 0 aliphatic rings. The molecule has 19 heavy (non-hydrogen) atoms. The van der Waals surface area contributed by atoms with Gasteiger partial charge in [-0.2, -0.15) is 4.98 Å². The topological polar surface area (TPSA) is 80.9 Å². The number of primary amides is 1. The number of hydrogen-bond acceptors (Lipinski definition) is 4. The molecule has 0 bridgehead atoms. The lowest BCUT2D eigenvalue weighted by Gasteiger charge is -2.08. The van der Waals surface area contributed by atoms with Gasteiger partial charge in [-0.3, -0.25) is 4.79 Å². The van der Waals surface area contributed by atoms with Crippen LogP contribution in [0.4, 0.5) is 10.2 Å². The van der Waals surface area contributed by atoms with E-state index < -0.39 is 5.91 Å². The Bertz CT molecular complexity index is 603. The number of halogens is 2. The van der Waals surface area contributed by atoms with Crippen molar-refractivity contribution in [2.45, 2.75) is 6.54 Å². The monoisotopic (exact) mass is 280 g/mol. The molecule has 0 unspecified atom stereocenters. The zero-order valence-corrected chi connectivity index (χ0v) is 10.5. The third-order valence-corrected chi connectivity index (χ3v) is 2.58. The van der Waals surface area contributed by atoms with Crippen LogP contribution >= 0.6 is 11.6 Å². The van der Waals surface area contributed by atoms with Crippen molar-refractivity contribution in [2.24, 2.45) is 5.73 Å². The van der Waals surface area contributed by atoms with Gasteiger partial charge in [-0.05, 0) is 29.3 Å². The normalized spacial score (nSPS) is 10.2. The van der Waals surface area contributed by atoms with Gasteiger partial charge in [0.05, 0.1) is 5.56 Å². The molecule has 0 atom stereocenters. The largest absolute Gasteiger partial charge is 0.365 e. The van der Waals surface area contributed by atoms with Crippen LogP contribution in [0.1, 0.15) is 15.9 Å². The summed E-state index contributed by atoms with van der Waals surface area (Å²) >= 11 is 5.66. The van der Waals surface area contributed by atoms with E-state index in [-0.39, 0.29) is 22.5 Å². The molecule has 1 aromatic carbocycles. The summed E-state index contributed by atoms with van der Waals surface area (Å²) in [4.78, 5) is 18.8. The van der Waals surface area contributed by atoms with Crippen molar-refractivity contribution in [3.05, 3.63) is 52.7 Å². The summed E-state index contributed by atoms with van der Waals surface area (Å²) in [6, 6.07) is 5.93. The molecule has 98 valence electrons. The number of hydrogen-bond donors (Lipinski definition) is 2. The van der Waals surface area contributed by atoms with Crippen LogP contribution < -0.4 is 11.1 Å². The van der Waals surface area contributed by atoms with Crippen molar-refractivity contribution in [1.82, 2.24) is 9.97 Å². The molecule has 0 aliphatic carbocycles. The van der Waals surface area contributed by atoms with E-state index in [4.69, 9.17) is 17.3 Å². The predicted molar refractivity (Wildman–Crippen MR) is 69.3 cm³/mol. The first kappa shape index (κ1) is 13.2. The maximum absolute atomic E-state index is 12.8. The quantitative estimate of drug-likeness (QED) is 0.839. The molecule has 3 N–H and O–H groups in total. The highest BCUT2D eigenvalue weighted by Gasteiger charge is 2.11. The second-order valence-electron chi connectivity index (χ2n) is 3.75. The Hall–Kier alpha value is -2.21. The average molecular weight is 281 g/mol. The number of rotatable bonds is 4. The van der Waals surface area contributed by atoms with Crippen molar-refractivity contribution < 1.29 is 9.18 Å². The molecule has 0 saturated carbocycles. The molecular weight excluding hydrogens is 271 g/mol. The first-order chi connectivity index (χ1) is 9.06. The Morgan fingerprint density at radius 3 is 2.68 bits per heavy atom. The Morgan fingerprint density at radius 2 is 2.05 bits per heavy atom. The minimum atomic E-state index is -0.654. The Balaban J connectivity index is 2.16. The lowest BCUT2D eigenvalue weighted by atomic mass is 10.2. The van der Waals surface area contributed by atoms with Crippen molar-refractivity contribution in [2.75, 3.05) is 5.32 Å². The first-order valence-corrected chi connectivity index (χ1v) is 5.74. The average Bonchev–Trinajstić information content (AvgIpc) is 2.38. The second kappa shape index (κ2) is 5.62. The molecule has 0 radical (unpaired) electrons. The number of amides is 1. The molecule has 1 amide bonds. The van der Waals surface area contributed by atoms with Gasteiger partial charge >= 0.3 is 0 Å². The molecule has 1 heterocycles. The fourth-order valence-corrected chi connectivity index (χ4v) is 1.60. The van der Waals surface area contributed by atoms with Crippen molar-refractivity contribution in [1.29, 1.82) is 0 Å². The van der Waals surface area contributed by atoms with E-state index in [1.165, 1.54) is 18.3 Å². The standard InChI is InChI=1S/C12H10ClFN4O/c13-12-17-6-9(10(15)19)11(18-12)16-5-7-1-3-8(14)4-2-7/h1-4,6H,5H2,(H2,15,19)(H,16,17,18). The molecular formula is C12H10ClFN4O. The molecule has 5 nitrogen and oxygen atoms in total. The van der Waals surface area contributed by atoms with E-state index in [0.29, 0.717) is 6.54 Å². The third kappa shape index (κ3) is 3.38. The molecule has 0 saturated heterocycles. The minimum Gasteiger partial charge on any atom is -0.365 e. The number of aromatic nitrogens is 2. The maximum Gasteiger partial charge on any atom is 0.254 e. The molecule has 0 aliphatic heterocycles. The van der Waals surface area contributed by atoms with Crippen molar-refractivity contribution in [3.63, 3.8) is 0 Å². The highest BCUT2D eigenvalue weighted by Crippen LogP contribution is 2.15. The first-order valence-electron chi connectivity index (χ1n) is 5.37. The number of carbonyl (C=O) groups excluding carboxylic acids is 1. The summed E-state index contributed by atoms with van der Waals surface area (Å²) in [5.74, 6) is -0.721. The van der Waals surface area contributed by atoms with E-state index in [0.717, 1.165) is 5.56 Å². The van der Waals surface area contributed by atoms with E-state index in [9.17, 15) is 9.18 Å². The smallest absolute Gasteiger partial charge is 0.254 e. The van der Waals surface area contributed by atoms with Crippen molar-refractivity contribution in [3.8, 4) is 0 Å². The highest BCUT2D eigenvalue weighted by molar-refractivity contribution is 6.28. The summed E-state index contributed by atoms with van der Waals surface area (Å²) in [5, 5.41) is 2.92. The molecule has 0 spiro atoms. The van der Waals surface area contributed by atoms with Gasteiger partial charge in [0.25, 0.3) is 5.91 Å². The number of anilines is 1. The van der Waals surface area contributed by atoms with Crippen LogP contribution in [0.5, 0.6) is 0 Å². The highest BCUT2D eigenvalue weighted by atomic mass is 35.5. The van der Waals surface area contributed by atoms with Gasteiger partial charge in [-0.15, -0.1) is 0 Å². The van der Waals surface area contributed by atoms with Crippen LogP contribution in [0.3, 0.4) is 0 Å². The molecule has 1 aromatic heterocycles. The SMILES string of the molecule is NC(=O)c1cnc(Cl)nc1NCc1ccc(F)cc1. The number of nitrogens with two attached hydrogens (primary N) is 1. The summed E-state index contributed by atoms with van der Waals surface area (Å²) in [6.45, 7) is 0.355. The summed E-state index contributed by atoms with van der Waals surface area (Å²) in [5.41, 5.74) is 6.17. The van der Waals surface area contributed by atoms with Gasteiger partial charge in [-0.25, -0.2) is 9.37 Å². The zero-order valence-electron chi connectivity index (χ0n) is 9.73. The Morgan fingerprint density at radius 1 is 1.37 bits per heavy atom. The van der Waals surface area contributed by atoms with E-state index in [2.05, 4.69) is 15.3 Å². The number of nitrogens with one attached hydrogen (secondary N) is 1. The van der Waals surface area contributed by atoms with Crippen LogP contribution in [0, 0.1) is 5.82 Å². The number of benzene rings is 1. The van der Waals surface area contributed by atoms with Crippen LogP contribution in [0.2, 0.25) is 5.28 Å². The van der Waals surface area contributed by atoms with Crippen molar-refractivity contribution >= 4 is 23.3 Å². The van der Waals surface area contributed by atoms with Crippen LogP contribution in [0.15, 0.2) is 30.5 Å². The summed E-state index contributed by atoms with van der Waals surface area (Å²) in [6.07, 6.45) is 1.25. The Labute approximate surface area is 113 Å². The number of nitrogens with zero attached hydrogens (tertiary/aromatic N) is 2. The van der Waals surface area contributed by atoms with Gasteiger partial charge < -0.3 is 11.1 Å². The van der Waals surface area contributed by atoms with E-state index in [1.54, 1.807) is 12.1 Å². The Kier molecular flexibility index (Phi) is 3.91. The maximum atomic E-state index is 12.8. The van der Waals surface area contributed by atoms with Crippen LogP contribution in [-0.2, 0) is 6.54 Å². The summed E-state index contributed by atoms with van der Waals surface area (Å²) < 4.78 is 12.8. The molecule has 2 rings (SSSR count). The van der Waals surface area contributed by atoms with Gasteiger partial charge in [0.15, 0.2) is 0 Å². The molecule has 0 fully saturated rings. The van der Waals surface area contributed by atoms with Crippen LogP contribution in [0.25, 0.3) is 0 Å². The van der Waals surface area contributed by atoms with Gasteiger partial charge in [0, 0.05) is 12.7 Å². The molecule has 2 aromatic rings. The van der Waals surface area contributed by atoms with Crippen LogP contribution in [-0.4, -0.2) is 15.9 Å². The van der Waals surface area contributed by atoms with Gasteiger partial charge in [0.2, 0.25) is 5.28 Å². The number of carbonyl (C=O) groups is 1. The predicted octanol–water partition coefficient (Wildman–Crippen LogP) is 1.98. The van der Waals surface area contributed by atoms with Gasteiger partial charge in [0.1, 0.15) is 11.6 Å². The van der Waals surface area contributed by atoms with Gasteiger partial charge in [-0.1, -0.05) is 12.1 Å². The molecule has 7 heteroatoms. The minimum absolute atomic E-state index is 0.00612. The third-order valence-electron chi connectivity index (χ3n) is 2.40. The second-order valence-corrected chi connectivity index (χ2v) is 4.08. The zero-order chi connectivity index (χ0) is 13.8. The lowest BCUT2D eigenvalue weighted by molar-refractivity contribution is 0.100. The van der Waals surface area contributed by atoms with E-state index >= 15 is 0 Å². The summed E-state index contributed by atoms with van der Waals surface area (Å²) in [7, 11) is 0. The van der Waals surface area contributed by atoms with E-state index in [1.807, 2.05) is 0 Å².